The zero-order valence-corrected chi connectivity index (χ0v) is 11.1. The Bertz CT molecular complexity index is 190. The highest BCUT2D eigenvalue weighted by atomic mass is 79.9. The van der Waals surface area contributed by atoms with Crippen LogP contribution in [0.25, 0.3) is 0 Å². The van der Waals surface area contributed by atoms with E-state index in [1.165, 1.54) is 38.5 Å². The van der Waals surface area contributed by atoms with Crippen LogP contribution in [-0.2, 0) is 0 Å². The second-order valence-electron chi connectivity index (χ2n) is 5.70. The molecule has 0 N–H and O–H groups in total. The Labute approximate surface area is 97.0 Å². The van der Waals surface area contributed by atoms with Crippen molar-refractivity contribution in [1.29, 1.82) is 0 Å². The van der Waals surface area contributed by atoms with E-state index in [4.69, 9.17) is 0 Å². The molecule has 0 spiro atoms. The Kier molecular flexibility index (Phi) is 3.57. The topological polar surface area (TPSA) is 0 Å². The third-order valence-corrected chi connectivity index (χ3v) is 5.55. The second kappa shape index (κ2) is 4.55. The molecule has 0 aromatic heterocycles. The van der Waals surface area contributed by atoms with E-state index in [1.807, 2.05) is 0 Å². The summed E-state index contributed by atoms with van der Waals surface area (Å²) in [6.07, 6.45) is 8.86. The summed E-state index contributed by atoms with van der Waals surface area (Å²) in [5.41, 5.74) is 0. The van der Waals surface area contributed by atoms with Crippen molar-refractivity contribution in [3.8, 4) is 0 Å². The molecule has 5 unspecified atom stereocenters. The standard InChI is InChI=1S/C13H23Br/c1-9-3-4-11(7-10(9)2)12-5-6-13(14)8-12/h9-13H,3-8H2,1-2H3. The first-order valence-corrected chi connectivity index (χ1v) is 7.22. The van der Waals surface area contributed by atoms with E-state index in [0.29, 0.717) is 0 Å². The average molecular weight is 259 g/mol. The fraction of sp³-hybridized carbons (Fsp3) is 1.00. The van der Waals surface area contributed by atoms with Gasteiger partial charge < -0.3 is 0 Å². The first kappa shape index (κ1) is 11.0. The van der Waals surface area contributed by atoms with Gasteiger partial charge in [0.05, 0.1) is 0 Å². The van der Waals surface area contributed by atoms with Crippen molar-refractivity contribution in [2.75, 3.05) is 0 Å². The summed E-state index contributed by atoms with van der Waals surface area (Å²) in [6.45, 7) is 4.89. The molecule has 14 heavy (non-hydrogen) atoms. The number of alkyl halides is 1. The fourth-order valence-corrected chi connectivity index (χ4v) is 4.15. The minimum absolute atomic E-state index is 0.835. The molecule has 1 heteroatoms. The molecule has 0 nitrogen and oxygen atoms in total. The molecule has 0 bridgehead atoms. The number of hydrogen-bond donors (Lipinski definition) is 0. The molecule has 82 valence electrons. The van der Waals surface area contributed by atoms with Crippen LogP contribution in [-0.4, -0.2) is 4.83 Å². The van der Waals surface area contributed by atoms with Gasteiger partial charge in [-0.25, -0.2) is 0 Å². The molecule has 0 aromatic rings. The van der Waals surface area contributed by atoms with Crippen molar-refractivity contribution in [3.63, 3.8) is 0 Å². The Morgan fingerprint density at radius 3 is 2.00 bits per heavy atom. The normalized spacial score (nSPS) is 49.5. The molecule has 0 radical (unpaired) electrons. The van der Waals surface area contributed by atoms with Crippen LogP contribution in [0.4, 0.5) is 0 Å². The zero-order chi connectivity index (χ0) is 10.1. The van der Waals surface area contributed by atoms with Crippen LogP contribution >= 0.6 is 15.9 Å². The van der Waals surface area contributed by atoms with Crippen LogP contribution < -0.4 is 0 Å². The van der Waals surface area contributed by atoms with Crippen molar-refractivity contribution in [1.82, 2.24) is 0 Å². The molecule has 0 amide bonds. The maximum absolute atomic E-state index is 3.77. The Morgan fingerprint density at radius 1 is 0.786 bits per heavy atom. The third-order valence-electron chi connectivity index (χ3n) is 4.71. The lowest BCUT2D eigenvalue weighted by Crippen LogP contribution is -2.25. The van der Waals surface area contributed by atoms with Gasteiger partial charge in [-0.15, -0.1) is 0 Å². The van der Waals surface area contributed by atoms with Gasteiger partial charge in [0.25, 0.3) is 0 Å². The van der Waals surface area contributed by atoms with Crippen LogP contribution in [0.3, 0.4) is 0 Å². The summed E-state index contributed by atoms with van der Waals surface area (Å²) < 4.78 is 0. The van der Waals surface area contributed by atoms with Gasteiger partial charge in [-0.05, 0) is 55.8 Å². The first-order valence-electron chi connectivity index (χ1n) is 6.31. The monoisotopic (exact) mass is 258 g/mol. The van der Waals surface area contributed by atoms with Gasteiger partial charge in [0.15, 0.2) is 0 Å². The predicted octanol–water partition coefficient (Wildman–Crippen LogP) is 4.62. The molecule has 0 aliphatic heterocycles. The fourth-order valence-electron chi connectivity index (χ4n) is 3.40. The quantitative estimate of drug-likeness (QED) is 0.602. The predicted molar refractivity (Wildman–Crippen MR) is 65.7 cm³/mol. The van der Waals surface area contributed by atoms with E-state index in [2.05, 4.69) is 29.8 Å². The lowest BCUT2D eigenvalue weighted by molar-refractivity contribution is 0.158. The van der Waals surface area contributed by atoms with Gasteiger partial charge in [0, 0.05) is 4.83 Å². The molecule has 0 saturated heterocycles. The van der Waals surface area contributed by atoms with Gasteiger partial charge in [-0.1, -0.05) is 36.2 Å². The Morgan fingerprint density at radius 2 is 1.43 bits per heavy atom. The van der Waals surface area contributed by atoms with Crippen molar-refractivity contribution in [3.05, 3.63) is 0 Å². The molecular weight excluding hydrogens is 236 g/mol. The summed E-state index contributed by atoms with van der Waals surface area (Å²) in [7, 11) is 0. The Balaban J connectivity index is 1.87. The molecular formula is C13H23Br. The minimum Gasteiger partial charge on any atom is -0.0891 e. The van der Waals surface area contributed by atoms with Crippen LogP contribution in [0.15, 0.2) is 0 Å². The van der Waals surface area contributed by atoms with Crippen molar-refractivity contribution >= 4 is 15.9 Å². The number of halogens is 1. The van der Waals surface area contributed by atoms with E-state index in [0.717, 1.165) is 28.5 Å². The molecule has 2 rings (SSSR count). The maximum atomic E-state index is 3.77. The molecule has 2 saturated carbocycles. The van der Waals surface area contributed by atoms with Crippen molar-refractivity contribution in [2.24, 2.45) is 23.7 Å². The molecule has 0 heterocycles. The van der Waals surface area contributed by atoms with Gasteiger partial charge in [-0.3, -0.25) is 0 Å². The lowest BCUT2D eigenvalue weighted by Gasteiger charge is -2.35. The zero-order valence-electron chi connectivity index (χ0n) is 9.51. The van der Waals surface area contributed by atoms with Crippen molar-refractivity contribution < 1.29 is 0 Å². The van der Waals surface area contributed by atoms with E-state index in [1.54, 1.807) is 0 Å². The molecule has 2 fully saturated rings. The largest absolute Gasteiger partial charge is 0.0891 e. The van der Waals surface area contributed by atoms with Crippen LogP contribution in [0, 0.1) is 23.7 Å². The van der Waals surface area contributed by atoms with Crippen LogP contribution in [0.2, 0.25) is 0 Å². The van der Waals surface area contributed by atoms with Crippen molar-refractivity contribution in [2.45, 2.75) is 57.2 Å². The van der Waals surface area contributed by atoms with E-state index in [9.17, 15) is 0 Å². The minimum atomic E-state index is 0.835. The van der Waals surface area contributed by atoms with E-state index in [-0.39, 0.29) is 0 Å². The molecule has 2 aliphatic carbocycles. The summed E-state index contributed by atoms with van der Waals surface area (Å²) in [5, 5.41) is 0. The Hall–Kier alpha value is 0.480. The third kappa shape index (κ3) is 2.35. The lowest BCUT2D eigenvalue weighted by atomic mass is 9.71. The molecule has 0 aromatic carbocycles. The second-order valence-corrected chi connectivity index (χ2v) is 6.99. The SMILES string of the molecule is CC1CCC(C2CCC(Br)C2)CC1C. The summed E-state index contributed by atoms with van der Waals surface area (Å²) in [5.74, 6) is 4.06. The van der Waals surface area contributed by atoms with Crippen LogP contribution in [0.1, 0.15) is 52.4 Å². The summed E-state index contributed by atoms with van der Waals surface area (Å²) >= 11 is 3.77. The van der Waals surface area contributed by atoms with E-state index < -0.39 is 0 Å². The molecule has 2 aliphatic rings. The number of rotatable bonds is 1. The molecule has 5 atom stereocenters. The maximum Gasteiger partial charge on any atom is 0.0148 e. The van der Waals surface area contributed by atoms with Gasteiger partial charge in [0.2, 0.25) is 0 Å². The van der Waals surface area contributed by atoms with Gasteiger partial charge in [-0.2, -0.15) is 0 Å². The first-order chi connectivity index (χ1) is 6.66. The smallest absolute Gasteiger partial charge is 0.0148 e. The summed E-state index contributed by atoms with van der Waals surface area (Å²) in [4.78, 5) is 0.835. The summed E-state index contributed by atoms with van der Waals surface area (Å²) in [6, 6.07) is 0. The highest BCUT2D eigenvalue weighted by Gasteiger charge is 2.33. The highest BCUT2D eigenvalue weighted by Crippen LogP contribution is 2.44. The van der Waals surface area contributed by atoms with Gasteiger partial charge in [0.1, 0.15) is 0 Å². The average Bonchev–Trinajstić information content (AvgIpc) is 2.57. The van der Waals surface area contributed by atoms with E-state index >= 15 is 0 Å². The van der Waals surface area contributed by atoms with Crippen LogP contribution in [0.5, 0.6) is 0 Å². The van der Waals surface area contributed by atoms with Gasteiger partial charge >= 0.3 is 0 Å². The highest BCUT2D eigenvalue weighted by molar-refractivity contribution is 9.09. The number of hydrogen-bond acceptors (Lipinski definition) is 0.